The van der Waals surface area contributed by atoms with Gasteiger partial charge < -0.3 is 35.8 Å². The Morgan fingerprint density at radius 3 is 0.880 bits per heavy atom. The fourth-order valence-electron chi connectivity index (χ4n) is 0.957. The Kier molecular flexibility index (Phi) is 33.4. The predicted molar refractivity (Wildman–Crippen MR) is 78.5 cm³/mol. The van der Waals surface area contributed by atoms with Crippen LogP contribution in [0.3, 0.4) is 0 Å². The Bertz CT molecular complexity index is 331. The van der Waals surface area contributed by atoms with Crippen LogP contribution in [0.15, 0.2) is 0 Å². The van der Waals surface area contributed by atoms with E-state index in [2.05, 4.69) is 19.4 Å². The number of hydroxylamine groups is 4. The van der Waals surface area contributed by atoms with Gasteiger partial charge in [-0.3, -0.25) is 19.2 Å². The normalized spacial score (nSPS) is 8.08. The topological polar surface area (TPSA) is 206 Å². The summed E-state index contributed by atoms with van der Waals surface area (Å²) in [6.45, 7) is 3.97. The molecule has 0 saturated heterocycles. The molecule has 148 valence electrons. The van der Waals surface area contributed by atoms with E-state index in [0.717, 1.165) is 27.7 Å². The van der Waals surface area contributed by atoms with E-state index in [-0.39, 0.29) is 76.1 Å². The molecular formula is C10H23FeN2NaO11. The van der Waals surface area contributed by atoms with E-state index in [9.17, 15) is 19.2 Å². The van der Waals surface area contributed by atoms with Gasteiger partial charge in [-0.25, -0.2) is 0 Å². The fraction of sp³-hybridized carbons (Fsp3) is 0.600. The van der Waals surface area contributed by atoms with Gasteiger partial charge in [0, 0.05) is 55.2 Å². The maximum atomic E-state index is 10.8. The van der Waals surface area contributed by atoms with Crippen molar-refractivity contribution in [2.75, 3.05) is 13.1 Å². The Hall–Kier alpha value is -0.801. The quantitative estimate of drug-likeness (QED) is 0.288. The van der Waals surface area contributed by atoms with Crippen LogP contribution < -0.4 is 0 Å². The summed E-state index contributed by atoms with van der Waals surface area (Å²) in [6.07, 6.45) is 0. The summed E-state index contributed by atoms with van der Waals surface area (Å²) in [4.78, 5) is 61.4. The van der Waals surface area contributed by atoms with Crippen LogP contribution in [0.25, 0.3) is 0 Å². The molecule has 0 aliphatic rings. The van der Waals surface area contributed by atoms with Crippen LogP contribution in [0.1, 0.15) is 27.7 Å². The average Bonchev–Trinajstić information content (AvgIpc) is 2.22. The van der Waals surface area contributed by atoms with Crippen molar-refractivity contribution in [3.05, 3.63) is 0 Å². The molecule has 0 aromatic rings. The molecular weight excluding hydrogens is 403 g/mol. The van der Waals surface area contributed by atoms with E-state index in [1.165, 1.54) is 0 Å². The minimum absolute atomic E-state index is 0. The number of hydrogen-bond acceptors (Lipinski definition) is 10. The number of carbonyl (C=O) groups is 4. The third kappa shape index (κ3) is 25.6. The molecule has 0 aromatic heterocycles. The molecule has 0 bridgehead atoms. The molecule has 0 spiro atoms. The third-order valence-electron chi connectivity index (χ3n) is 1.39. The van der Waals surface area contributed by atoms with Crippen molar-refractivity contribution < 1.29 is 72.0 Å². The Labute approximate surface area is 176 Å². The summed E-state index contributed by atoms with van der Waals surface area (Å²) in [7, 11) is 0. The molecule has 0 aliphatic carbocycles. The van der Waals surface area contributed by atoms with Gasteiger partial charge in [0.05, 0.1) is 13.1 Å². The number of rotatable bonds is 7. The number of carbonyl (C=O) groups excluding carboxylic acids is 4. The molecule has 6 N–H and O–H groups in total. The van der Waals surface area contributed by atoms with E-state index >= 15 is 0 Å². The van der Waals surface area contributed by atoms with Crippen molar-refractivity contribution in [3.8, 4) is 0 Å². The van der Waals surface area contributed by atoms with Crippen LogP contribution in [0, 0.1) is 0 Å². The standard InChI is InChI=1S/C10H16N2O8.Fe.Na.3H2O.H/c1-7(13)17-11(18-8(2)14)5-6-12(19-9(3)15)20-10(4)16;;;;;;/h5-6H2,1-4H3;;;3*1H2;. The summed E-state index contributed by atoms with van der Waals surface area (Å²) in [5.74, 6) is -2.90. The maximum absolute atomic E-state index is 10.8. The van der Waals surface area contributed by atoms with Crippen LogP contribution in [0.4, 0.5) is 0 Å². The molecule has 25 heavy (non-hydrogen) atoms. The SMILES string of the molecule is CC(=O)ON(CCN(OC(C)=O)OC(C)=O)OC(C)=O.O.O.O.[Fe].[NaH]. The van der Waals surface area contributed by atoms with Gasteiger partial charge in [-0.1, -0.05) is 0 Å². The van der Waals surface area contributed by atoms with Gasteiger partial charge in [0.1, 0.15) is 0 Å². The molecule has 0 saturated carbocycles. The predicted octanol–water partition coefficient (Wildman–Crippen LogP) is -3.62. The van der Waals surface area contributed by atoms with Crippen LogP contribution in [0.5, 0.6) is 0 Å². The van der Waals surface area contributed by atoms with Crippen molar-refractivity contribution in [3.63, 3.8) is 0 Å². The molecule has 0 aromatic carbocycles. The second-order valence-corrected chi connectivity index (χ2v) is 3.44. The molecule has 15 heteroatoms. The summed E-state index contributed by atoms with van der Waals surface area (Å²) in [6, 6.07) is 0. The van der Waals surface area contributed by atoms with E-state index in [4.69, 9.17) is 0 Å². The molecule has 0 unspecified atom stereocenters. The van der Waals surface area contributed by atoms with Crippen molar-refractivity contribution in [2.24, 2.45) is 0 Å². The summed E-state index contributed by atoms with van der Waals surface area (Å²) in [5, 5.41) is 1.15. The molecule has 0 atom stereocenters. The zero-order valence-corrected chi connectivity index (χ0v) is 14.5. The van der Waals surface area contributed by atoms with Gasteiger partial charge in [0.2, 0.25) is 0 Å². The Balaban J connectivity index is -0.000000180. The van der Waals surface area contributed by atoms with Crippen molar-refractivity contribution >= 4 is 53.4 Å². The molecule has 0 aliphatic heterocycles. The minimum atomic E-state index is -0.724. The van der Waals surface area contributed by atoms with Gasteiger partial charge >= 0.3 is 53.4 Å². The van der Waals surface area contributed by atoms with E-state index < -0.39 is 23.9 Å². The van der Waals surface area contributed by atoms with Crippen LogP contribution >= 0.6 is 0 Å². The van der Waals surface area contributed by atoms with Crippen molar-refractivity contribution in [1.82, 2.24) is 10.5 Å². The van der Waals surface area contributed by atoms with E-state index in [1.54, 1.807) is 0 Å². The summed E-state index contributed by atoms with van der Waals surface area (Å²) in [5.41, 5.74) is 0. The monoisotopic (exact) mass is 426 g/mol. The van der Waals surface area contributed by atoms with Gasteiger partial charge in [-0.05, 0) is 0 Å². The Morgan fingerprint density at radius 2 is 0.760 bits per heavy atom. The van der Waals surface area contributed by atoms with Gasteiger partial charge in [-0.2, -0.15) is 0 Å². The van der Waals surface area contributed by atoms with Crippen molar-refractivity contribution in [2.45, 2.75) is 27.7 Å². The molecule has 0 fully saturated rings. The second-order valence-electron chi connectivity index (χ2n) is 3.44. The molecule has 0 rings (SSSR count). The first-order valence-corrected chi connectivity index (χ1v) is 5.50. The molecule has 13 nitrogen and oxygen atoms in total. The molecule has 0 heterocycles. The van der Waals surface area contributed by atoms with Gasteiger partial charge in [0.15, 0.2) is 0 Å². The summed E-state index contributed by atoms with van der Waals surface area (Å²) >= 11 is 0. The van der Waals surface area contributed by atoms with Crippen LogP contribution in [0.2, 0.25) is 0 Å². The summed E-state index contributed by atoms with van der Waals surface area (Å²) < 4.78 is 0. The zero-order chi connectivity index (χ0) is 15.7. The zero-order valence-electron chi connectivity index (χ0n) is 13.4. The Morgan fingerprint density at radius 1 is 0.600 bits per heavy atom. The van der Waals surface area contributed by atoms with E-state index in [0.29, 0.717) is 10.5 Å². The second kappa shape index (κ2) is 21.2. The average molecular weight is 426 g/mol. The first kappa shape index (κ1) is 39.3. The molecule has 0 radical (unpaired) electrons. The van der Waals surface area contributed by atoms with Crippen LogP contribution in [-0.2, 0) is 55.6 Å². The van der Waals surface area contributed by atoms with Gasteiger partial charge in [-0.15, -0.1) is 0 Å². The number of nitrogens with zero attached hydrogens (tertiary/aromatic N) is 2. The van der Waals surface area contributed by atoms with Crippen LogP contribution in [-0.4, -0.2) is 93.4 Å². The van der Waals surface area contributed by atoms with E-state index in [1.807, 2.05) is 0 Å². The molecule has 0 amide bonds. The first-order valence-electron chi connectivity index (χ1n) is 5.50. The third-order valence-corrected chi connectivity index (χ3v) is 1.39. The first-order chi connectivity index (χ1) is 9.20. The van der Waals surface area contributed by atoms with Gasteiger partial charge in [0.25, 0.3) is 0 Å². The van der Waals surface area contributed by atoms with Crippen molar-refractivity contribution in [1.29, 1.82) is 0 Å². The fourth-order valence-corrected chi connectivity index (χ4v) is 0.957. The number of hydrogen-bond donors (Lipinski definition) is 0.